The van der Waals surface area contributed by atoms with Crippen LogP contribution in [-0.4, -0.2) is 21.9 Å². The van der Waals surface area contributed by atoms with Gasteiger partial charge in [0.15, 0.2) is 12.5 Å². The first kappa shape index (κ1) is 18.9. The topological polar surface area (TPSA) is 90.6 Å². The van der Waals surface area contributed by atoms with Gasteiger partial charge in [-0.2, -0.15) is 4.99 Å². The molecule has 1 unspecified atom stereocenters. The van der Waals surface area contributed by atoms with E-state index in [9.17, 15) is 18.8 Å². The molecule has 7 nitrogen and oxygen atoms in total. The van der Waals surface area contributed by atoms with E-state index in [0.29, 0.717) is 11.8 Å². The van der Waals surface area contributed by atoms with Gasteiger partial charge < -0.3 is 4.74 Å². The van der Waals surface area contributed by atoms with Gasteiger partial charge >= 0.3 is 0 Å². The van der Waals surface area contributed by atoms with Crippen LogP contribution in [0.25, 0.3) is 11.4 Å². The first-order valence-corrected chi connectivity index (χ1v) is 8.20. The van der Waals surface area contributed by atoms with Crippen LogP contribution in [0.3, 0.4) is 0 Å². The van der Waals surface area contributed by atoms with Crippen molar-refractivity contribution in [2.45, 2.75) is 12.8 Å². The molecule has 0 saturated heterocycles. The minimum absolute atomic E-state index is 0.0353. The zero-order valence-corrected chi connectivity index (χ0v) is 14.5. The Morgan fingerprint density at radius 2 is 1.89 bits per heavy atom. The normalized spacial score (nSPS) is 11.3. The highest BCUT2D eigenvalue weighted by Crippen LogP contribution is 2.21. The van der Waals surface area contributed by atoms with E-state index in [4.69, 9.17) is 4.74 Å². The molecule has 0 N–H and O–H groups in total. The van der Waals surface area contributed by atoms with Crippen LogP contribution in [0, 0.1) is 5.82 Å². The fourth-order valence-corrected chi connectivity index (χ4v) is 2.55. The molecule has 0 fully saturated rings. The Labute approximate surface area is 158 Å². The van der Waals surface area contributed by atoms with Crippen LogP contribution >= 0.6 is 0 Å². The van der Waals surface area contributed by atoms with Crippen LogP contribution in [0.5, 0.6) is 5.75 Å². The Bertz CT molecular complexity index is 1070. The zero-order valence-electron chi connectivity index (χ0n) is 14.5. The molecule has 1 aromatic heterocycles. The zero-order chi connectivity index (χ0) is 19.9. The summed E-state index contributed by atoms with van der Waals surface area (Å²) in [5, 5.41) is 0. The van der Waals surface area contributed by atoms with Gasteiger partial charge in [0.25, 0.3) is 5.56 Å². The Morgan fingerprint density at radius 1 is 1.18 bits per heavy atom. The molecule has 3 rings (SSSR count). The third-order valence-electron chi connectivity index (χ3n) is 3.87. The van der Waals surface area contributed by atoms with E-state index in [1.807, 2.05) is 30.3 Å². The lowest BCUT2D eigenvalue weighted by Gasteiger charge is -2.15. The molecule has 0 aliphatic carbocycles. The largest absolute Gasteiger partial charge is 0.482 e. The average Bonchev–Trinajstić information content (AvgIpc) is 2.73. The summed E-state index contributed by atoms with van der Waals surface area (Å²) in [5.41, 5.74) is 0.483. The van der Waals surface area contributed by atoms with Crippen molar-refractivity contribution >= 4 is 12.4 Å². The number of isocyanates is 1. The van der Waals surface area contributed by atoms with Gasteiger partial charge in [-0.3, -0.25) is 14.2 Å². The van der Waals surface area contributed by atoms with Crippen LogP contribution in [0.1, 0.15) is 11.7 Å². The molecular weight excluding hydrogens is 365 g/mol. The van der Waals surface area contributed by atoms with E-state index in [0.717, 1.165) is 10.1 Å². The number of aldehydes is 1. The van der Waals surface area contributed by atoms with Gasteiger partial charge in [0, 0.05) is 5.56 Å². The van der Waals surface area contributed by atoms with Gasteiger partial charge in [-0.05, 0) is 29.8 Å². The Hall–Kier alpha value is -3.90. The van der Waals surface area contributed by atoms with Crippen molar-refractivity contribution in [2.75, 3.05) is 0 Å². The predicted molar refractivity (Wildman–Crippen MR) is 97.9 cm³/mol. The number of aliphatic imine (C=N–C) groups is 1. The van der Waals surface area contributed by atoms with Crippen molar-refractivity contribution in [1.29, 1.82) is 0 Å². The molecule has 2 aromatic carbocycles. The van der Waals surface area contributed by atoms with E-state index < -0.39 is 17.5 Å². The van der Waals surface area contributed by atoms with Crippen LogP contribution in [-0.2, 0) is 16.2 Å². The summed E-state index contributed by atoms with van der Waals surface area (Å²) < 4.78 is 19.7. The lowest BCUT2D eigenvalue weighted by atomic mass is 10.2. The average molecular weight is 379 g/mol. The Balaban J connectivity index is 2.07. The summed E-state index contributed by atoms with van der Waals surface area (Å²) in [6.07, 6.45) is 1.31. The van der Waals surface area contributed by atoms with Crippen molar-refractivity contribution in [1.82, 2.24) is 9.55 Å². The highest BCUT2D eigenvalue weighted by atomic mass is 19.1. The molecule has 28 heavy (non-hydrogen) atoms. The fraction of sp³-hybridized carbons (Fsp3) is 0.100. The summed E-state index contributed by atoms with van der Waals surface area (Å²) in [4.78, 5) is 42.5. The first-order chi connectivity index (χ1) is 13.6. The third-order valence-corrected chi connectivity index (χ3v) is 3.87. The molecule has 8 heteroatoms. The monoisotopic (exact) mass is 379 g/mol. The number of hydrogen-bond donors (Lipinski definition) is 0. The second-order valence-electron chi connectivity index (χ2n) is 5.67. The lowest BCUT2D eigenvalue weighted by Crippen LogP contribution is -2.28. The SMILES string of the molecule is O=C=NC(C=O)n1c(-c2ccc(F)cc2)ncc(OCc2ccccc2)c1=O. The van der Waals surface area contributed by atoms with Gasteiger partial charge in [-0.25, -0.2) is 14.2 Å². The molecule has 1 atom stereocenters. The Kier molecular flexibility index (Phi) is 5.84. The fourth-order valence-electron chi connectivity index (χ4n) is 2.55. The second-order valence-corrected chi connectivity index (χ2v) is 5.67. The van der Waals surface area contributed by atoms with E-state index in [1.165, 1.54) is 36.5 Å². The van der Waals surface area contributed by atoms with Gasteiger partial charge in [-0.15, -0.1) is 0 Å². The number of benzene rings is 2. The molecule has 0 radical (unpaired) electrons. The predicted octanol–water partition coefficient (Wildman–Crippen LogP) is 2.66. The minimum atomic E-state index is -1.47. The molecule has 0 spiro atoms. The van der Waals surface area contributed by atoms with Crippen molar-refractivity contribution in [2.24, 2.45) is 4.99 Å². The first-order valence-electron chi connectivity index (χ1n) is 8.20. The van der Waals surface area contributed by atoms with Gasteiger partial charge in [0.2, 0.25) is 11.8 Å². The van der Waals surface area contributed by atoms with E-state index in [2.05, 4.69) is 9.98 Å². The number of nitrogens with zero attached hydrogens (tertiary/aromatic N) is 3. The van der Waals surface area contributed by atoms with E-state index >= 15 is 0 Å². The molecule has 0 bridgehead atoms. The summed E-state index contributed by atoms with van der Waals surface area (Å²) in [5.74, 6) is -0.561. The third kappa shape index (κ3) is 4.08. The highest BCUT2D eigenvalue weighted by Gasteiger charge is 2.20. The molecule has 3 aromatic rings. The summed E-state index contributed by atoms with van der Waals surface area (Å²) in [6, 6.07) is 14.3. The number of hydrogen-bond acceptors (Lipinski definition) is 6. The number of carbonyl (C=O) groups excluding carboxylic acids is 2. The number of ether oxygens (including phenoxy) is 1. The number of rotatable bonds is 7. The molecule has 1 heterocycles. The highest BCUT2D eigenvalue weighted by molar-refractivity contribution is 5.62. The van der Waals surface area contributed by atoms with Crippen LogP contribution in [0.4, 0.5) is 4.39 Å². The summed E-state index contributed by atoms with van der Waals surface area (Å²) in [6.45, 7) is 0.107. The molecule has 140 valence electrons. The van der Waals surface area contributed by atoms with Crippen LogP contribution in [0.2, 0.25) is 0 Å². The molecular formula is C20H14FN3O4. The van der Waals surface area contributed by atoms with E-state index in [1.54, 1.807) is 0 Å². The number of carbonyl (C=O) groups is 1. The Morgan fingerprint density at radius 3 is 2.54 bits per heavy atom. The quantitative estimate of drug-likeness (QED) is 0.358. The van der Waals surface area contributed by atoms with Gasteiger partial charge in [0.05, 0.1) is 6.20 Å². The molecule has 0 saturated carbocycles. The second kappa shape index (κ2) is 8.66. The number of halogens is 1. The maximum Gasteiger partial charge on any atom is 0.298 e. The minimum Gasteiger partial charge on any atom is -0.482 e. The summed E-state index contributed by atoms with van der Waals surface area (Å²) in [7, 11) is 0. The molecule has 0 aliphatic rings. The molecule has 0 amide bonds. The van der Waals surface area contributed by atoms with Crippen molar-refractivity contribution in [3.63, 3.8) is 0 Å². The van der Waals surface area contributed by atoms with Crippen molar-refractivity contribution < 1.29 is 18.7 Å². The maximum absolute atomic E-state index is 13.2. The number of aromatic nitrogens is 2. The van der Waals surface area contributed by atoms with Crippen molar-refractivity contribution in [3.05, 3.63) is 82.5 Å². The smallest absolute Gasteiger partial charge is 0.298 e. The van der Waals surface area contributed by atoms with Crippen LogP contribution in [0.15, 0.2) is 70.6 Å². The van der Waals surface area contributed by atoms with E-state index in [-0.39, 0.29) is 18.2 Å². The molecule has 0 aliphatic heterocycles. The lowest BCUT2D eigenvalue weighted by molar-refractivity contribution is -0.110. The van der Waals surface area contributed by atoms with Gasteiger partial charge in [0.1, 0.15) is 18.2 Å². The van der Waals surface area contributed by atoms with Gasteiger partial charge in [-0.1, -0.05) is 30.3 Å². The standard InChI is InChI=1S/C20H14FN3O4/c21-16-8-6-15(7-9-16)19-22-10-17(28-12-14-4-2-1-3-5-14)20(27)24(19)18(11-25)23-13-26/h1-11,18H,12H2. The van der Waals surface area contributed by atoms with Crippen molar-refractivity contribution in [3.8, 4) is 17.1 Å². The summed E-state index contributed by atoms with van der Waals surface area (Å²) >= 11 is 0. The van der Waals surface area contributed by atoms with Crippen LogP contribution < -0.4 is 10.3 Å². The maximum atomic E-state index is 13.2.